The molecule has 0 bridgehead atoms. The van der Waals surface area contributed by atoms with Crippen molar-refractivity contribution in [3.05, 3.63) is 337 Å². The highest BCUT2D eigenvalue weighted by atomic mass is 32.2. The van der Waals surface area contributed by atoms with Crippen molar-refractivity contribution in [2.24, 2.45) is 87.3 Å². The molecule has 0 amide bonds. The van der Waals surface area contributed by atoms with E-state index in [2.05, 4.69) is 318 Å². The summed E-state index contributed by atoms with van der Waals surface area (Å²) in [7, 11) is -0.601. The van der Waals surface area contributed by atoms with E-state index in [1.807, 2.05) is 46.8 Å². The highest BCUT2D eigenvalue weighted by Gasteiger charge is 2.87. The van der Waals surface area contributed by atoms with Crippen molar-refractivity contribution in [2.45, 2.75) is 196 Å². The molecule has 24 rings (SSSR count). The van der Waals surface area contributed by atoms with Crippen molar-refractivity contribution >= 4 is 49.5 Å². The van der Waals surface area contributed by atoms with E-state index in [9.17, 15) is 4.79 Å². The maximum atomic E-state index is 12.1. The van der Waals surface area contributed by atoms with Crippen molar-refractivity contribution in [2.75, 3.05) is 27.0 Å². The van der Waals surface area contributed by atoms with E-state index in [0.717, 1.165) is 121 Å². The minimum absolute atomic E-state index is 0.0959. The molecule has 12 aromatic rings. The number of benzene rings is 12. The fourth-order valence-electron chi connectivity index (χ4n) is 26.1. The van der Waals surface area contributed by atoms with Gasteiger partial charge in [0, 0.05) is 29.8 Å². The zero-order valence-corrected chi connectivity index (χ0v) is 76.9. The molecule has 12 aliphatic rings. The third kappa shape index (κ3) is 14.7. The third-order valence-electron chi connectivity index (χ3n) is 31.2. The van der Waals surface area contributed by atoms with Crippen molar-refractivity contribution in [3.8, 4) is 23.0 Å². The Bertz CT molecular complexity index is 5580. The Balaban J connectivity index is 0.000000103. The van der Waals surface area contributed by atoms with Crippen molar-refractivity contribution in [3.63, 3.8) is 0 Å². The molecule has 12 aliphatic carbocycles. The van der Waals surface area contributed by atoms with Crippen LogP contribution in [0.15, 0.2) is 368 Å². The molecule has 12 unspecified atom stereocenters. The molecule has 12 atom stereocenters. The standard InChI is InChI=1S/C30H31O2S.C29H29O2S.C28H27O2S.C26H29O3S/c1-19-13-25(33(23-9-5-3-6-10-23)24-11-7-4-8-12-24)14-20(2)28(19)31-18-32-29-26-16-21-15-22-17-27(29)30(21,22)26;1-19-14-22(30-18-31-28-25-16-20-15-21-17-26(28)29(20,21)25)12-13-27(19)32(23-8-4-2-5-9-23)24-10-6-3-7-11-24;1-3-7-22(8-4-1)31(23-9-5-2-6-10-23)24-13-11-21(12-14-24)29-18-30-27-25-16-19-15-20-17-26(27)28(19,20)25;1-19-16-23(17-20(2)25(19)28-18-24(27)29-26(3,4)5)30(21-12-8-6-9-13-21)22-14-10-7-11-15-22/h3-14,21-22,26-27,29H,15-18H2,1-2H3;2-14,20-21,25-26,28H,15-18H2,1H3;1-14,19-20,25-27H,15-18H2;6-17H,18H2,1-5H3/q4*+1. The van der Waals surface area contributed by atoms with Crippen LogP contribution in [0, 0.1) is 122 Å². The molecule has 12 fully saturated rings. The maximum absolute atomic E-state index is 12.1. The molecular formula is C113H116O9S4+4. The summed E-state index contributed by atoms with van der Waals surface area (Å²) in [5.41, 5.74) is 7.42. The molecule has 642 valence electrons. The Morgan fingerprint density at radius 1 is 0.286 bits per heavy atom. The molecule has 0 radical (unpaired) electrons. The number of hydrogen-bond donors (Lipinski definition) is 0. The number of carbonyl (C=O) groups excluding carboxylic acids is 1. The van der Waals surface area contributed by atoms with E-state index in [-0.39, 0.29) is 56.2 Å². The summed E-state index contributed by atoms with van der Waals surface area (Å²) in [6.07, 6.45) is 14.4. The van der Waals surface area contributed by atoms with Gasteiger partial charge in [-0.25, -0.2) is 4.79 Å². The van der Waals surface area contributed by atoms with Gasteiger partial charge in [-0.2, -0.15) is 0 Å². The van der Waals surface area contributed by atoms with Gasteiger partial charge in [0.05, 0.1) is 61.9 Å². The number of hydrogen-bond acceptors (Lipinski definition) is 9. The normalized spacial score (nSPS) is 28.0. The van der Waals surface area contributed by atoms with Gasteiger partial charge < -0.3 is 37.9 Å². The first-order valence-corrected chi connectivity index (χ1v) is 50.8. The van der Waals surface area contributed by atoms with Gasteiger partial charge in [-0.05, 0) is 362 Å². The fraction of sp³-hybridized carbons (Fsp3) is 0.354. The summed E-state index contributed by atoms with van der Waals surface area (Å²) in [5.74, 6) is 14.5. The molecule has 126 heavy (non-hydrogen) atoms. The number of ether oxygens (including phenoxy) is 8. The Kier molecular flexibility index (Phi) is 22.9. The third-order valence-corrected chi connectivity index (χ3v) is 40.2. The van der Waals surface area contributed by atoms with Crippen LogP contribution in [0.3, 0.4) is 0 Å². The molecular weight excluding hydrogens is 1630 g/mol. The van der Waals surface area contributed by atoms with Crippen LogP contribution in [-0.2, 0) is 67.3 Å². The summed E-state index contributed by atoms with van der Waals surface area (Å²) in [6, 6.07) is 110. The van der Waals surface area contributed by atoms with Gasteiger partial charge in [-0.1, -0.05) is 146 Å². The molecule has 13 heteroatoms. The zero-order valence-electron chi connectivity index (χ0n) is 73.6. The summed E-state index contributed by atoms with van der Waals surface area (Å²) < 4.78 is 48.3. The smallest absolute Gasteiger partial charge is 0.344 e. The lowest BCUT2D eigenvalue weighted by Gasteiger charge is -2.88. The Hall–Kier alpha value is -9.41. The van der Waals surface area contributed by atoms with Crippen LogP contribution < -0.4 is 18.9 Å². The lowest BCUT2D eigenvalue weighted by atomic mass is 9.17. The lowest BCUT2D eigenvalue weighted by molar-refractivity contribution is -0.430. The predicted molar refractivity (Wildman–Crippen MR) is 503 cm³/mol. The van der Waals surface area contributed by atoms with Gasteiger partial charge in [0.1, 0.15) is 28.6 Å². The van der Waals surface area contributed by atoms with E-state index in [0.29, 0.717) is 38.7 Å². The van der Waals surface area contributed by atoms with E-state index in [4.69, 9.17) is 37.9 Å². The molecule has 0 heterocycles. The van der Waals surface area contributed by atoms with Crippen LogP contribution in [0.4, 0.5) is 0 Å². The fourth-order valence-corrected chi connectivity index (χ4v) is 34.9. The number of aryl methyl sites for hydroxylation is 5. The SMILES string of the molecule is Cc1cc(OCOC2C3CC4CC5CC2C453)ccc1[S+](c1ccccc1)c1ccccc1.Cc1cc([S+](c2ccccc2)c2ccccc2)cc(C)c1OCC(=O)OC(C)(C)C.Cc1cc([S+](c2ccccc2)c2ccccc2)cc(C)c1OCOC1C2CC3CC4CC1C342.c1ccc([S+](c2ccccc2)c2ccc(OCOC3C4CC5CC6CC3C564)cc2)cc1. The molecule has 0 saturated heterocycles. The highest BCUT2D eigenvalue weighted by Crippen LogP contribution is 2.90. The minimum Gasteiger partial charge on any atom is -0.481 e. The number of esters is 1. The van der Waals surface area contributed by atoms with E-state index in [1.54, 1.807) is 0 Å². The Labute approximate surface area is 756 Å². The Morgan fingerprint density at radius 3 is 0.841 bits per heavy atom. The number of rotatable bonds is 27. The number of carbonyl (C=O) groups is 1. The first kappa shape index (κ1) is 83.5. The van der Waals surface area contributed by atoms with Crippen LogP contribution in [0.5, 0.6) is 23.0 Å². The predicted octanol–water partition coefficient (Wildman–Crippen LogP) is 25.6. The van der Waals surface area contributed by atoms with Gasteiger partial charge in [-0.15, -0.1) is 0 Å². The van der Waals surface area contributed by atoms with Crippen molar-refractivity contribution in [1.29, 1.82) is 0 Å². The zero-order chi connectivity index (χ0) is 85.6. The summed E-state index contributed by atoms with van der Waals surface area (Å²) in [6.45, 7) is 17.2. The van der Waals surface area contributed by atoms with Crippen molar-refractivity contribution < 1.29 is 42.7 Å². The second-order valence-electron chi connectivity index (χ2n) is 38.4. The first-order chi connectivity index (χ1) is 61.5. The van der Waals surface area contributed by atoms with Gasteiger partial charge in [-0.3, -0.25) is 0 Å². The van der Waals surface area contributed by atoms with Gasteiger partial charge >= 0.3 is 5.97 Å². The molecule has 0 aliphatic heterocycles. The average molecular weight is 1750 g/mol. The highest BCUT2D eigenvalue weighted by molar-refractivity contribution is 7.98. The topological polar surface area (TPSA) is 90.9 Å². The molecule has 12 saturated carbocycles. The van der Waals surface area contributed by atoms with Crippen LogP contribution in [0.2, 0.25) is 0 Å². The second-order valence-corrected chi connectivity index (χ2v) is 46.5. The maximum Gasteiger partial charge on any atom is 0.344 e. The summed E-state index contributed by atoms with van der Waals surface area (Å²) >= 11 is 0. The first-order valence-electron chi connectivity index (χ1n) is 45.9. The largest absolute Gasteiger partial charge is 0.481 e. The molecule has 3 spiro atoms. The van der Waals surface area contributed by atoms with Crippen LogP contribution in [0.25, 0.3) is 0 Å². The van der Waals surface area contributed by atoms with E-state index >= 15 is 0 Å². The second kappa shape index (κ2) is 34.6. The van der Waals surface area contributed by atoms with E-state index < -0.39 is 5.60 Å². The monoisotopic (exact) mass is 1740 g/mol. The molecule has 9 nitrogen and oxygen atoms in total. The molecule has 0 aromatic heterocycles. The van der Waals surface area contributed by atoms with Gasteiger partial charge in [0.15, 0.2) is 85.7 Å². The van der Waals surface area contributed by atoms with Crippen LogP contribution in [0.1, 0.15) is 106 Å². The van der Waals surface area contributed by atoms with Crippen molar-refractivity contribution in [1.82, 2.24) is 0 Å². The van der Waals surface area contributed by atoms with Crippen LogP contribution >= 0.6 is 0 Å². The lowest BCUT2D eigenvalue weighted by Crippen LogP contribution is -2.85. The quantitative estimate of drug-likeness (QED) is 0.0284. The molecule has 0 N–H and O–H groups in total. The van der Waals surface area contributed by atoms with Gasteiger partial charge in [0.25, 0.3) is 0 Å². The Morgan fingerprint density at radius 2 is 0.548 bits per heavy atom. The average Bonchev–Trinajstić information content (AvgIpc) is 0.631. The summed E-state index contributed by atoms with van der Waals surface area (Å²) in [5, 5.41) is 0. The minimum atomic E-state index is -0.520. The van der Waals surface area contributed by atoms with Gasteiger partial charge in [0.2, 0.25) is 0 Å². The van der Waals surface area contributed by atoms with E-state index in [1.165, 1.54) is 133 Å². The summed E-state index contributed by atoms with van der Waals surface area (Å²) in [4.78, 5) is 27.8. The molecule has 12 aromatic carbocycles. The van der Waals surface area contributed by atoms with Crippen LogP contribution in [-0.4, -0.2) is 56.9 Å².